The quantitative estimate of drug-likeness (QED) is 0.875. The molecule has 1 saturated heterocycles. The first kappa shape index (κ1) is 17.7. The van der Waals surface area contributed by atoms with Gasteiger partial charge in [0.1, 0.15) is 0 Å². The number of hydrogen-bond acceptors (Lipinski definition) is 3. The minimum atomic E-state index is -0.182. The lowest BCUT2D eigenvalue weighted by Crippen LogP contribution is -2.54. The van der Waals surface area contributed by atoms with E-state index in [4.69, 9.17) is 0 Å². The lowest BCUT2D eigenvalue weighted by Gasteiger charge is -2.43. The van der Waals surface area contributed by atoms with Gasteiger partial charge in [0.15, 0.2) is 0 Å². The van der Waals surface area contributed by atoms with Crippen LogP contribution in [0.25, 0.3) is 0 Å². The molecule has 0 aromatic carbocycles. The van der Waals surface area contributed by atoms with Crippen molar-refractivity contribution in [3.63, 3.8) is 0 Å². The molecule has 0 aliphatic carbocycles. The highest BCUT2D eigenvalue weighted by Gasteiger charge is 2.31. The highest BCUT2D eigenvalue weighted by atomic mass is 16.1. The third-order valence-corrected chi connectivity index (χ3v) is 5.01. The highest BCUT2D eigenvalue weighted by Crippen LogP contribution is 2.25. The first-order valence-corrected chi connectivity index (χ1v) is 8.56. The van der Waals surface area contributed by atoms with Gasteiger partial charge in [0.05, 0.1) is 5.56 Å². The first-order chi connectivity index (χ1) is 10.8. The molecule has 2 rings (SSSR count). The SMILES string of the molecule is CC[C@H]1CCCN(C(C)(C)CNC(=O)c2c[nH]c(=O)cc2C)C1. The number of aromatic nitrogens is 1. The highest BCUT2D eigenvalue weighted by molar-refractivity contribution is 5.95. The third kappa shape index (κ3) is 4.44. The normalized spacial score (nSPS) is 19.6. The number of likely N-dealkylation sites (tertiary alicyclic amines) is 1. The topological polar surface area (TPSA) is 65.2 Å². The van der Waals surface area contributed by atoms with Gasteiger partial charge in [-0.15, -0.1) is 0 Å². The molecule has 128 valence electrons. The number of H-pyrrole nitrogens is 1. The second-order valence-electron chi connectivity index (χ2n) is 7.25. The second kappa shape index (κ2) is 7.30. The predicted molar refractivity (Wildman–Crippen MR) is 92.8 cm³/mol. The molecule has 5 nitrogen and oxygen atoms in total. The van der Waals surface area contributed by atoms with E-state index in [1.165, 1.54) is 31.5 Å². The summed E-state index contributed by atoms with van der Waals surface area (Å²) in [4.78, 5) is 28.7. The van der Waals surface area contributed by atoms with Crippen molar-refractivity contribution < 1.29 is 4.79 Å². The monoisotopic (exact) mass is 319 g/mol. The maximum Gasteiger partial charge on any atom is 0.253 e. The van der Waals surface area contributed by atoms with Crippen LogP contribution in [0.2, 0.25) is 0 Å². The van der Waals surface area contributed by atoms with Gasteiger partial charge in [-0.2, -0.15) is 0 Å². The molecule has 23 heavy (non-hydrogen) atoms. The van der Waals surface area contributed by atoms with E-state index >= 15 is 0 Å². The summed E-state index contributed by atoms with van der Waals surface area (Å²) in [6, 6.07) is 1.45. The average Bonchev–Trinajstić information content (AvgIpc) is 2.53. The maximum absolute atomic E-state index is 12.4. The number of nitrogens with zero attached hydrogens (tertiary/aromatic N) is 1. The predicted octanol–water partition coefficient (Wildman–Crippen LogP) is 2.31. The summed E-state index contributed by atoms with van der Waals surface area (Å²) in [7, 11) is 0. The van der Waals surface area contributed by atoms with E-state index in [9.17, 15) is 9.59 Å². The van der Waals surface area contributed by atoms with Gasteiger partial charge < -0.3 is 10.3 Å². The maximum atomic E-state index is 12.4. The lowest BCUT2D eigenvalue weighted by molar-refractivity contribution is 0.0612. The van der Waals surface area contributed by atoms with Crippen LogP contribution in [-0.2, 0) is 0 Å². The van der Waals surface area contributed by atoms with Gasteiger partial charge in [-0.1, -0.05) is 13.3 Å². The Morgan fingerprint density at radius 3 is 2.87 bits per heavy atom. The molecule has 2 N–H and O–H groups in total. The zero-order chi connectivity index (χ0) is 17.0. The Morgan fingerprint density at radius 1 is 1.48 bits per heavy atom. The van der Waals surface area contributed by atoms with E-state index in [2.05, 4.69) is 36.0 Å². The number of aryl methyl sites for hydroxylation is 1. The zero-order valence-electron chi connectivity index (χ0n) is 14.7. The lowest BCUT2D eigenvalue weighted by atomic mass is 9.91. The molecule has 0 saturated carbocycles. The molecule has 1 aliphatic rings. The molecule has 0 spiro atoms. The van der Waals surface area contributed by atoms with Crippen LogP contribution in [-0.4, -0.2) is 41.0 Å². The molecule has 1 aromatic heterocycles. The Bertz CT molecular complexity index is 607. The van der Waals surface area contributed by atoms with Crippen molar-refractivity contribution in [1.29, 1.82) is 0 Å². The summed E-state index contributed by atoms with van der Waals surface area (Å²) in [5.41, 5.74) is 0.983. The molecule has 5 heteroatoms. The van der Waals surface area contributed by atoms with Crippen molar-refractivity contribution in [3.05, 3.63) is 33.7 Å². The van der Waals surface area contributed by atoms with E-state index < -0.39 is 0 Å². The summed E-state index contributed by atoms with van der Waals surface area (Å²) in [6.07, 6.45) is 5.25. The summed E-state index contributed by atoms with van der Waals surface area (Å²) in [5.74, 6) is 0.635. The van der Waals surface area contributed by atoms with Crippen molar-refractivity contribution >= 4 is 5.91 Å². The summed E-state index contributed by atoms with van der Waals surface area (Å²) < 4.78 is 0. The van der Waals surface area contributed by atoms with Gasteiger partial charge in [0.25, 0.3) is 5.91 Å². The number of carbonyl (C=O) groups is 1. The van der Waals surface area contributed by atoms with E-state index in [0.717, 1.165) is 19.0 Å². The fourth-order valence-electron chi connectivity index (χ4n) is 3.27. The minimum absolute atomic E-state index is 0.0698. The van der Waals surface area contributed by atoms with Gasteiger partial charge in [0, 0.05) is 30.9 Å². The second-order valence-corrected chi connectivity index (χ2v) is 7.25. The van der Waals surface area contributed by atoms with Crippen LogP contribution in [0, 0.1) is 12.8 Å². The number of piperidine rings is 1. The van der Waals surface area contributed by atoms with E-state index in [0.29, 0.717) is 17.7 Å². The van der Waals surface area contributed by atoms with Gasteiger partial charge in [0.2, 0.25) is 5.56 Å². The Labute approximate surface area is 138 Å². The van der Waals surface area contributed by atoms with Crippen LogP contribution in [0.4, 0.5) is 0 Å². The number of nitrogens with one attached hydrogen (secondary N) is 2. The smallest absolute Gasteiger partial charge is 0.253 e. The number of rotatable bonds is 5. The van der Waals surface area contributed by atoms with E-state index in [1.54, 1.807) is 6.92 Å². The molecule has 1 amide bonds. The van der Waals surface area contributed by atoms with Gasteiger partial charge >= 0.3 is 0 Å². The Balaban J connectivity index is 1.98. The minimum Gasteiger partial charge on any atom is -0.350 e. The fraction of sp³-hybridized carbons (Fsp3) is 0.667. The van der Waals surface area contributed by atoms with Gasteiger partial charge in [-0.25, -0.2) is 0 Å². The number of pyridine rings is 1. The molecule has 2 heterocycles. The van der Waals surface area contributed by atoms with Crippen molar-refractivity contribution in [2.24, 2.45) is 5.92 Å². The summed E-state index contributed by atoms with van der Waals surface area (Å²) in [5, 5.41) is 3.03. The molecule has 0 bridgehead atoms. The van der Waals surface area contributed by atoms with Gasteiger partial charge in [-0.3, -0.25) is 14.5 Å². The zero-order valence-corrected chi connectivity index (χ0v) is 14.7. The number of hydrogen-bond donors (Lipinski definition) is 2. The number of aromatic amines is 1. The Hall–Kier alpha value is -1.62. The third-order valence-electron chi connectivity index (χ3n) is 5.01. The van der Waals surface area contributed by atoms with Gasteiger partial charge in [-0.05, 0) is 51.6 Å². The molecular formula is C18H29N3O2. The molecule has 1 aromatic rings. The average molecular weight is 319 g/mol. The molecule has 1 fully saturated rings. The van der Waals surface area contributed by atoms with Crippen molar-refractivity contribution in [2.45, 2.75) is 52.5 Å². The van der Waals surface area contributed by atoms with Crippen LogP contribution in [0.15, 0.2) is 17.1 Å². The molecule has 1 aliphatic heterocycles. The molecule has 0 unspecified atom stereocenters. The first-order valence-electron chi connectivity index (χ1n) is 8.56. The van der Waals surface area contributed by atoms with E-state index in [-0.39, 0.29) is 17.0 Å². The Kier molecular flexibility index (Phi) is 5.63. The van der Waals surface area contributed by atoms with Crippen LogP contribution in [0.3, 0.4) is 0 Å². The molecule has 0 radical (unpaired) electrons. The summed E-state index contributed by atoms with van der Waals surface area (Å²) in [6.45, 7) is 11.2. The van der Waals surface area contributed by atoms with Crippen LogP contribution >= 0.6 is 0 Å². The number of amides is 1. The molecule has 1 atom stereocenters. The van der Waals surface area contributed by atoms with Crippen LogP contribution in [0.5, 0.6) is 0 Å². The van der Waals surface area contributed by atoms with Crippen LogP contribution < -0.4 is 10.9 Å². The van der Waals surface area contributed by atoms with Crippen molar-refractivity contribution in [2.75, 3.05) is 19.6 Å². The standard InChI is InChI=1S/C18H29N3O2/c1-5-14-7-6-8-21(11-14)18(3,4)12-20-17(23)15-10-19-16(22)9-13(15)2/h9-10,14H,5-8,11-12H2,1-4H3,(H,19,22)(H,20,23)/t14-/m0/s1. The van der Waals surface area contributed by atoms with Crippen molar-refractivity contribution in [3.8, 4) is 0 Å². The van der Waals surface area contributed by atoms with E-state index in [1.807, 2.05) is 0 Å². The fourth-order valence-corrected chi connectivity index (χ4v) is 3.27. The molecular weight excluding hydrogens is 290 g/mol. The van der Waals surface area contributed by atoms with Crippen molar-refractivity contribution in [1.82, 2.24) is 15.2 Å². The largest absolute Gasteiger partial charge is 0.350 e. The summed E-state index contributed by atoms with van der Waals surface area (Å²) >= 11 is 0. The Morgan fingerprint density at radius 2 is 2.22 bits per heavy atom. The van der Waals surface area contributed by atoms with Crippen LogP contribution in [0.1, 0.15) is 56.0 Å². The number of carbonyl (C=O) groups excluding carboxylic acids is 1.